The number of likely N-dealkylation sites (tertiary alicyclic amines) is 1. The summed E-state index contributed by atoms with van der Waals surface area (Å²) < 4.78 is 0. The number of hydrogen-bond donors (Lipinski definition) is 2. The van der Waals surface area contributed by atoms with Crippen LogP contribution in [0.15, 0.2) is 0 Å². The van der Waals surface area contributed by atoms with Crippen LogP contribution in [0.5, 0.6) is 0 Å². The fraction of sp³-hybridized carbons (Fsp3) is 0.692. The molecule has 1 atom stereocenters. The molecule has 1 aliphatic heterocycles. The van der Waals surface area contributed by atoms with E-state index in [9.17, 15) is 9.59 Å². The Kier molecular flexibility index (Phi) is 4.21. The van der Waals surface area contributed by atoms with Gasteiger partial charge in [-0.15, -0.1) is 6.42 Å². The van der Waals surface area contributed by atoms with Crippen LogP contribution in [0.2, 0.25) is 0 Å². The van der Waals surface area contributed by atoms with Crippen molar-refractivity contribution in [2.75, 3.05) is 19.6 Å². The van der Waals surface area contributed by atoms with E-state index in [1.54, 1.807) is 0 Å². The summed E-state index contributed by atoms with van der Waals surface area (Å²) in [6.45, 7) is 1.29. The van der Waals surface area contributed by atoms with E-state index < -0.39 is 0 Å². The second-order valence-corrected chi connectivity index (χ2v) is 4.89. The van der Waals surface area contributed by atoms with Crippen molar-refractivity contribution in [1.29, 1.82) is 0 Å². The summed E-state index contributed by atoms with van der Waals surface area (Å²) in [6.07, 6.45) is 9.05. The molecule has 0 aromatic carbocycles. The van der Waals surface area contributed by atoms with Crippen molar-refractivity contribution in [1.82, 2.24) is 15.5 Å². The first-order valence-corrected chi connectivity index (χ1v) is 6.45. The van der Waals surface area contributed by atoms with Crippen LogP contribution in [0.1, 0.15) is 25.7 Å². The lowest BCUT2D eigenvalue weighted by molar-refractivity contribution is -0.127. The largest absolute Gasteiger partial charge is 0.352 e. The monoisotopic (exact) mass is 249 g/mol. The molecule has 1 aliphatic carbocycles. The van der Waals surface area contributed by atoms with Gasteiger partial charge in [0.15, 0.2) is 0 Å². The number of hydrogen-bond acceptors (Lipinski definition) is 3. The quantitative estimate of drug-likeness (QED) is 0.644. The van der Waals surface area contributed by atoms with Gasteiger partial charge in [-0.05, 0) is 32.2 Å². The van der Waals surface area contributed by atoms with Crippen LogP contribution in [0.25, 0.3) is 0 Å². The highest BCUT2D eigenvalue weighted by Crippen LogP contribution is 2.22. The Morgan fingerprint density at radius 3 is 2.78 bits per heavy atom. The third-order valence-electron chi connectivity index (χ3n) is 3.32. The Labute approximate surface area is 107 Å². The molecule has 2 N–H and O–H groups in total. The highest BCUT2D eigenvalue weighted by molar-refractivity contribution is 5.84. The Bertz CT molecular complexity index is 371. The number of carbonyl (C=O) groups excluding carboxylic acids is 2. The molecule has 2 rings (SSSR count). The summed E-state index contributed by atoms with van der Waals surface area (Å²) in [5, 5.41) is 5.62. The number of nitrogens with one attached hydrogen (secondary N) is 2. The highest BCUT2D eigenvalue weighted by Gasteiger charge is 2.34. The molecule has 5 heteroatoms. The van der Waals surface area contributed by atoms with Gasteiger partial charge in [-0.1, -0.05) is 5.92 Å². The first kappa shape index (κ1) is 12.9. The zero-order valence-corrected chi connectivity index (χ0v) is 10.4. The zero-order chi connectivity index (χ0) is 13.0. The zero-order valence-electron chi connectivity index (χ0n) is 10.4. The molecule has 0 aromatic heterocycles. The van der Waals surface area contributed by atoms with E-state index in [4.69, 9.17) is 6.42 Å². The van der Waals surface area contributed by atoms with Crippen molar-refractivity contribution in [3.05, 3.63) is 0 Å². The molecule has 1 saturated heterocycles. The molecular weight excluding hydrogens is 230 g/mol. The second kappa shape index (κ2) is 5.87. The van der Waals surface area contributed by atoms with Gasteiger partial charge < -0.3 is 10.6 Å². The van der Waals surface area contributed by atoms with Gasteiger partial charge in [-0.25, -0.2) is 0 Å². The SMILES string of the molecule is C#CCNC(=O)CN1CCC[C@@H]1C(=O)NC1CC1. The minimum Gasteiger partial charge on any atom is -0.352 e. The van der Waals surface area contributed by atoms with E-state index in [1.165, 1.54) is 0 Å². The third-order valence-corrected chi connectivity index (χ3v) is 3.32. The summed E-state index contributed by atoms with van der Waals surface area (Å²) in [5.74, 6) is 2.32. The number of terminal acetylenes is 1. The molecule has 0 unspecified atom stereocenters. The summed E-state index contributed by atoms with van der Waals surface area (Å²) in [5.41, 5.74) is 0. The molecule has 0 spiro atoms. The topological polar surface area (TPSA) is 61.4 Å². The molecule has 1 heterocycles. The normalized spacial score (nSPS) is 23.4. The van der Waals surface area contributed by atoms with Crippen LogP contribution in [-0.2, 0) is 9.59 Å². The van der Waals surface area contributed by atoms with E-state index in [0.29, 0.717) is 6.04 Å². The first-order chi connectivity index (χ1) is 8.70. The van der Waals surface area contributed by atoms with Crippen molar-refractivity contribution >= 4 is 11.8 Å². The third kappa shape index (κ3) is 3.47. The Morgan fingerprint density at radius 1 is 1.33 bits per heavy atom. The van der Waals surface area contributed by atoms with Gasteiger partial charge in [0.1, 0.15) is 0 Å². The Hall–Kier alpha value is -1.54. The predicted molar refractivity (Wildman–Crippen MR) is 67.6 cm³/mol. The van der Waals surface area contributed by atoms with Gasteiger partial charge >= 0.3 is 0 Å². The van der Waals surface area contributed by atoms with E-state index in [-0.39, 0.29) is 30.9 Å². The summed E-state index contributed by atoms with van der Waals surface area (Å²) >= 11 is 0. The van der Waals surface area contributed by atoms with Crippen molar-refractivity contribution in [3.8, 4) is 12.3 Å². The fourth-order valence-electron chi connectivity index (χ4n) is 2.23. The molecular formula is C13H19N3O2. The maximum Gasteiger partial charge on any atom is 0.237 e. The number of carbonyl (C=O) groups is 2. The molecule has 5 nitrogen and oxygen atoms in total. The van der Waals surface area contributed by atoms with Gasteiger partial charge in [0, 0.05) is 6.04 Å². The average molecular weight is 249 g/mol. The maximum absolute atomic E-state index is 12.0. The summed E-state index contributed by atoms with van der Waals surface area (Å²) in [4.78, 5) is 25.5. The van der Waals surface area contributed by atoms with Gasteiger partial charge in [-0.2, -0.15) is 0 Å². The standard InChI is InChI=1S/C13H19N3O2/c1-2-7-14-12(17)9-16-8-3-4-11(16)13(18)15-10-5-6-10/h1,10-11H,3-9H2,(H,14,17)(H,15,18)/t11-/m1/s1. The number of rotatable bonds is 5. The van der Waals surface area contributed by atoms with Gasteiger partial charge in [0.2, 0.25) is 11.8 Å². The highest BCUT2D eigenvalue weighted by atomic mass is 16.2. The van der Waals surface area contributed by atoms with E-state index in [1.807, 2.05) is 4.90 Å². The molecule has 2 amide bonds. The minimum absolute atomic E-state index is 0.0692. The van der Waals surface area contributed by atoms with Crippen LogP contribution in [-0.4, -0.2) is 48.4 Å². The Morgan fingerprint density at radius 2 is 2.11 bits per heavy atom. The molecule has 18 heavy (non-hydrogen) atoms. The van der Waals surface area contributed by atoms with Crippen LogP contribution in [0, 0.1) is 12.3 Å². The van der Waals surface area contributed by atoms with E-state index in [2.05, 4.69) is 16.6 Å². The molecule has 2 fully saturated rings. The summed E-state index contributed by atoms with van der Waals surface area (Å²) in [7, 11) is 0. The molecule has 0 radical (unpaired) electrons. The van der Waals surface area contributed by atoms with Crippen molar-refractivity contribution in [3.63, 3.8) is 0 Å². The molecule has 98 valence electrons. The van der Waals surface area contributed by atoms with Crippen LogP contribution in [0.4, 0.5) is 0 Å². The number of nitrogens with zero attached hydrogens (tertiary/aromatic N) is 1. The van der Waals surface area contributed by atoms with Gasteiger partial charge in [0.05, 0.1) is 19.1 Å². The molecule has 2 aliphatic rings. The van der Waals surface area contributed by atoms with Crippen LogP contribution >= 0.6 is 0 Å². The lowest BCUT2D eigenvalue weighted by atomic mass is 10.2. The lowest BCUT2D eigenvalue weighted by Gasteiger charge is -2.22. The Balaban J connectivity index is 1.80. The smallest absolute Gasteiger partial charge is 0.237 e. The first-order valence-electron chi connectivity index (χ1n) is 6.45. The molecule has 0 aromatic rings. The van der Waals surface area contributed by atoms with E-state index >= 15 is 0 Å². The van der Waals surface area contributed by atoms with Gasteiger partial charge in [-0.3, -0.25) is 14.5 Å². The van der Waals surface area contributed by atoms with Crippen molar-refractivity contribution in [2.45, 2.75) is 37.8 Å². The lowest BCUT2D eigenvalue weighted by Crippen LogP contribution is -2.47. The molecule has 0 bridgehead atoms. The average Bonchev–Trinajstić information content (AvgIpc) is 3.03. The van der Waals surface area contributed by atoms with Crippen molar-refractivity contribution < 1.29 is 9.59 Å². The van der Waals surface area contributed by atoms with Crippen molar-refractivity contribution in [2.24, 2.45) is 0 Å². The minimum atomic E-state index is -0.151. The number of amides is 2. The second-order valence-electron chi connectivity index (χ2n) is 4.89. The summed E-state index contributed by atoms with van der Waals surface area (Å²) in [6, 6.07) is 0.220. The van der Waals surface area contributed by atoms with E-state index in [0.717, 1.165) is 32.2 Å². The van der Waals surface area contributed by atoms with Crippen LogP contribution < -0.4 is 10.6 Å². The van der Waals surface area contributed by atoms with Crippen LogP contribution in [0.3, 0.4) is 0 Å². The fourth-order valence-corrected chi connectivity index (χ4v) is 2.23. The van der Waals surface area contributed by atoms with Gasteiger partial charge in [0.25, 0.3) is 0 Å². The molecule has 1 saturated carbocycles. The maximum atomic E-state index is 12.0. The predicted octanol–water partition coefficient (Wildman–Crippen LogP) is -0.521.